The predicted octanol–water partition coefficient (Wildman–Crippen LogP) is 1.70. The van der Waals surface area contributed by atoms with Gasteiger partial charge in [0, 0.05) is 18.8 Å². The molecule has 0 spiro atoms. The third-order valence-corrected chi connectivity index (χ3v) is 1.86. The highest BCUT2D eigenvalue weighted by atomic mass is 15.0. The molecule has 2 nitrogen and oxygen atoms in total. The number of hydrogen-bond donors (Lipinski definition) is 1. The van der Waals surface area contributed by atoms with Crippen LogP contribution in [0.5, 0.6) is 0 Å². The van der Waals surface area contributed by atoms with Crippen LogP contribution < -0.4 is 5.32 Å². The zero-order chi connectivity index (χ0) is 7.52. The van der Waals surface area contributed by atoms with Gasteiger partial charge in [0.1, 0.15) is 5.82 Å². The molecule has 0 aliphatic heterocycles. The van der Waals surface area contributed by atoms with Gasteiger partial charge in [0.25, 0.3) is 0 Å². The van der Waals surface area contributed by atoms with Gasteiger partial charge in [0.05, 0.1) is 0 Å². The SMILES string of the molecule is [c]1cccnc1NCC1CC1. The third kappa shape index (κ3) is 1.93. The van der Waals surface area contributed by atoms with Crippen molar-refractivity contribution < 1.29 is 0 Å². The molecule has 57 valence electrons. The molecule has 1 saturated carbocycles. The monoisotopic (exact) mass is 147 g/mol. The lowest BCUT2D eigenvalue weighted by Gasteiger charge is -2.01. The van der Waals surface area contributed by atoms with Crippen LogP contribution in [0.4, 0.5) is 5.82 Å². The van der Waals surface area contributed by atoms with E-state index >= 15 is 0 Å². The average Bonchev–Trinajstić information content (AvgIpc) is 2.86. The summed E-state index contributed by atoms with van der Waals surface area (Å²) in [6.45, 7) is 1.06. The van der Waals surface area contributed by atoms with Crippen molar-refractivity contribution >= 4 is 5.82 Å². The maximum Gasteiger partial charge on any atom is 0.133 e. The molecule has 1 heterocycles. The third-order valence-electron chi connectivity index (χ3n) is 1.86. The molecule has 1 aromatic heterocycles. The molecule has 0 aromatic carbocycles. The Balaban J connectivity index is 1.85. The quantitative estimate of drug-likeness (QED) is 0.704. The Bertz CT molecular complexity index is 216. The number of pyridine rings is 1. The summed E-state index contributed by atoms with van der Waals surface area (Å²) in [5, 5.41) is 3.24. The van der Waals surface area contributed by atoms with Gasteiger partial charge in [-0.05, 0) is 30.9 Å². The summed E-state index contributed by atoms with van der Waals surface area (Å²) >= 11 is 0. The van der Waals surface area contributed by atoms with Gasteiger partial charge in [0.15, 0.2) is 0 Å². The second-order valence-electron chi connectivity index (χ2n) is 2.95. The molecule has 1 aliphatic carbocycles. The zero-order valence-electron chi connectivity index (χ0n) is 6.38. The minimum Gasteiger partial charge on any atom is -0.369 e. The maximum atomic E-state index is 4.11. The van der Waals surface area contributed by atoms with Crippen molar-refractivity contribution in [2.24, 2.45) is 5.92 Å². The van der Waals surface area contributed by atoms with Gasteiger partial charge >= 0.3 is 0 Å². The smallest absolute Gasteiger partial charge is 0.133 e. The first-order valence-corrected chi connectivity index (χ1v) is 4.02. The Hall–Kier alpha value is -1.05. The molecule has 1 radical (unpaired) electrons. The van der Waals surface area contributed by atoms with E-state index < -0.39 is 0 Å². The van der Waals surface area contributed by atoms with Crippen LogP contribution in [0, 0.1) is 12.0 Å². The summed E-state index contributed by atoms with van der Waals surface area (Å²) in [7, 11) is 0. The fourth-order valence-electron chi connectivity index (χ4n) is 0.985. The molecule has 1 aromatic rings. The predicted molar refractivity (Wildman–Crippen MR) is 44.3 cm³/mol. The standard InChI is InChI=1S/C9H11N2/c1-2-6-10-9(3-1)11-7-8-4-5-8/h1-2,6,8H,4-5,7H2,(H,10,11). The van der Waals surface area contributed by atoms with Crippen LogP contribution in [0.1, 0.15) is 12.8 Å². The zero-order valence-corrected chi connectivity index (χ0v) is 6.38. The van der Waals surface area contributed by atoms with E-state index in [0.717, 1.165) is 18.3 Å². The molecule has 2 heteroatoms. The largest absolute Gasteiger partial charge is 0.369 e. The summed E-state index contributed by atoms with van der Waals surface area (Å²) in [5.74, 6) is 1.77. The number of aromatic nitrogens is 1. The van der Waals surface area contributed by atoms with Crippen molar-refractivity contribution in [3.63, 3.8) is 0 Å². The molecular weight excluding hydrogens is 136 g/mol. The lowest BCUT2D eigenvalue weighted by Crippen LogP contribution is -2.04. The van der Waals surface area contributed by atoms with Crippen LogP contribution >= 0.6 is 0 Å². The van der Waals surface area contributed by atoms with Crippen molar-refractivity contribution in [1.82, 2.24) is 4.98 Å². The van der Waals surface area contributed by atoms with Gasteiger partial charge < -0.3 is 5.32 Å². The van der Waals surface area contributed by atoms with Gasteiger partial charge in [-0.3, -0.25) is 0 Å². The van der Waals surface area contributed by atoms with E-state index in [9.17, 15) is 0 Å². The molecular formula is C9H11N2. The fourth-order valence-corrected chi connectivity index (χ4v) is 0.985. The first-order chi connectivity index (χ1) is 5.45. The second kappa shape index (κ2) is 2.91. The van der Waals surface area contributed by atoms with Crippen molar-refractivity contribution in [2.45, 2.75) is 12.8 Å². The Morgan fingerprint density at radius 1 is 1.64 bits per heavy atom. The topological polar surface area (TPSA) is 24.9 Å². The number of hydrogen-bond acceptors (Lipinski definition) is 2. The molecule has 1 aliphatic rings. The molecule has 2 rings (SSSR count). The Labute approximate surface area is 66.7 Å². The van der Waals surface area contributed by atoms with E-state index in [4.69, 9.17) is 0 Å². The van der Waals surface area contributed by atoms with Gasteiger partial charge in [-0.25, -0.2) is 4.98 Å². The van der Waals surface area contributed by atoms with E-state index in [1.165, 1.54) is 12.8 Å². The van der Waals surface area contributed by atoms with E-state index in [1.54, 1.807) is 6.20 Å². The maximum absolute atomic E-state index is 4.11. The molecule has 0 bridgehead atoms. The van der Waals surface area contributed by atoms with Crippen molar-refractivity contribution in [3.8, 4) is 0 Å². The molecule has 0 saturated heterocycles. The molecule has 0 atom stereocenters. The average molecular weight is 147 g/mol. The number of nitrogens with one attached hydrogen (secondary N) is 1. The molecule has 0 amide bonds. The van der Waals surface area contributed by atoms with Crippen molar-refractivity contribution in [2.75, 3.05) is 11.9 Å². The number of anilines is 1. The Kier molecular flexibility index (Phi) is 1.76. The van der Waals surface area contributed by atoms with Gasteiger partial charge in [-0.1, -0.05) is 0 Å². The van der Waals surface area contributed by atoms with Gasteiger partial charge in [0.2, 0.25) is 0 Å². The molecule has 11 heavy (non-hydrogen) atoms. The number of rotatable bonds is 3. The van der Waals surface area contributed by atoms with E-state index in [1.807, 2.05) is 12.1 Å². The molecule has 1 N–H and O–H groups in total. The summed E-state index contributed by atoms with van der Waals surface area (Å²) in [5.41, 5.74) is 0. The van der Waals surface area contributed by atoms with Crippen LogP contribution in [0.2, 0.25) is 0 Å². The van der Waals surface area contributed by atoms with Crippen LogP contribution in [0.3, 0.4) is 0 Å². The van der Waals surface area contributed by atoms with E-state index in [0.29, 0.717) is 0 Å². The highest BCUT2D eigenvalue weighted by Crippen LogP contribution is 2.28. The Morgan fingerprint density at radius 3 is 3.18 bits per heavy atom. The van der Waals surface area contributed by atoms with Crippen molar-refractivity contribution in [3.05, 3.63) is 24.4 Å². The lowest BCUT2D eigenvalue weighted by atomic mass is 10.4. The molecule has 1 fully saturated rings. The Morgan fingerprint density at radius 2 is 2.55 bits per heavy atom. The fraction of sp³-hybridized carbons (Fsp3) is 0.444. The summed E-state index contributed by atoms with van der Waals surface area (Å²) in [4.78, 5) is 4.11. The first kappa shape index (κ1) is 6.65. The van der Waals surface area contributed by atoms with Crippen LogP contribution in [-0.4, -0.2) is 11.5 Å². The second-order valence-corrected chi connectivity index (χ2v) is 2.95. The van der Waals surface area contributed by atoms with Crippen LogP contribution in [0.25, 0.3) is 0 Å². The molecule has 0 unspecified atom stereocenters. The van der Waals surface area contributed by atoms with E-state index in [-0.39, 0.29) is 0 Å². The highest BCUT2D eigenvalue weighted by Gasteiger charge is 2.20. The van der Waals surface area contributed by atoms with Gasteiger partial charge in [-0.15, -0.1) is 0 Å². The summed E-state index contributed by atoms with van der Waals surface area (Å²) < 4.78 is 0. The first-order valence-electron chi connectivity index (χ1n) is 4.02. The lowest BCUT2D eigenvalue weighted by molar-refractivity contribution is 0.882. The minimum atomic E-state index is 0.874. The van der Waals surface area contributed by atoms with E-state index in [2.05, 4.69) is 16.4 Å². The van der Waals surface area contributed by atoms with Gasteiger partial charge in [-0.2, -0.15) is 0 Å². The summed E-state index contributed by atoms with van der Waals surface area (Å²) in [6.07, 6.45) is 4.53. The normalized spacial score (nSPS) is 16.4. The van der Waals surface area contributed by atoms with Crippen LogP contribution in [0.15, 0.2) is 18.3 Å². The highest BCUT2D eigenvalue weighted by molar-refractivity contribution is 5.31. The number of nitrogens with zero attached hydrogens (tertiary/aromatic N) is 1. The summed E-state index contributed by atoms with van der Waals surface area (Å²) in [6, 6.07) is 6.78. The van der Waals surface area contributed by atoms with Crippen molar-refractivity contribution in [1.29, 1.82) is 0 Å². The van der Waals surface area contributed by atoms with Crippen LogP contribution in [-0.2, 0) is 0 Å². The minimum absolute atomic E-state index is 0.874.